The van der Waals surface area contributed by atoms with Gasteiger partial charge in [-0.15, -0.1) is 0 Å². The van der Waals surface area contributed by atoms with E-state index in [1.165, 1.54) is 5.56 Å². The molecular formula is C18H22N4O. The molecular weight excluding hydrogens is 288 g/mol. The van der Waals surface area contributed by atoms with Gasteiger partial charge in [-0.05, 0) is 12.6 Å². The van der Waals surface area contributed by atoms with Gasteiger partial charge in [0.1, 0.15) is 5.82 Å². The number of rotatable bonds is 3. The smallest absolute Gasteiger partial charge is 0.257 e. The molecule has 23 heavy (non-hydrogen) atoms. The van der Waals surface area contributed by atoms with E-state index in [0.717, 1.165) is 25.3 Å². The van der Waals surface area contributed by atoms with Crippen LogP contribution >= 0.6 is 0 Å². The summed E-state index contributed by atoms with van der Waals surface area (Å²) in [5.74, 6) is 0.772. The molecule has 1 unspecified atom stereocenters. The molecule has 3 rings (SSSR count). The zero-order chi connectivity index (χ0) is 16.2. The van der Waals surface area contributed by atoms with Gasteiger partial charge in [0, 0.05) is 38.4 Å². The average molecular weight is 310 g/mol. The van der Waals surface area contributed by atoms with Crippen LogP contribution in [0.15, 0.2) is 42.7 Å². The van der Waals surface area contributed by atoms with Crippen LogP contribution in [0.25, 0.3) is 0 Å². The van der Waals surface area contributed by atoms with Crippen molar-refractivity contribution in [1.82, 2.24) is 19.8 Å². The number of amides is 1. The minimum Gasteiger partial charge on any atom is -0.329 e. The van der Waals surface area contributed by atoms with Crippen molar-refractivity contribution >= 4 is 5.91 Å². The molecule has 0 aliphatic carbocycles. The highest BCUT2D eigenvalue weighted by molar-refractivity contribution is 5.94. The molecule has 1 aliphatic rings. The number of nitrogens with zero attached hydrogens (tertiary/aromatic N) is 4. The summed E-state index contributed by atoms with van der Waals surface area (Å²) in [7, 11) is 2.09. The second-order valence-corrected chi connectivity index (χ2v) is 5.93. The minimum absolute atomic E-state index is 0.00889. The van der Waals surface area contributed by atoms with Crippen LogP contribution in [0.3, 0.4) is 0 Å². The topological polar surface area (TPSA) is 49.3 Å². The number of hydrogen-bond acceptors (Lipinski definition) is 4. The lowest BCUT2D eigenvalue weighted by Crippen LogP contribution is -2.49. The Balaban J connectivity index is 1.86. The van der Waals surface area contributed by atoms with E-state index >= 15 is 0 Å². The molecule has 1 fully saturated rings. The number of benzene rings is 1. The maximum absolute atomic E-state index is 12.9. The first kappa shape index (κ1) is 15.6. The average Bonchev–Trinajstić information content (AvgIpc) is 2.62. The van der Waals surface area contributed by atoms with Crippen LogP contribution in [0, 0.1) is 0 Å². The van der Waals surface area contributed by atoms with Crippen molar-refractivity contribution in [3.8, 4) is 0 Å². The molecule has 0 radical (unpaired) electrons. The lowest BCUT2D eigenvalue weighted by molar-refractivity contribution is 0.0497. The fraction of sp³-hybridized carbons (Fsp3) is 0.389. The Hall–Kier alpha value is -2.27. The molecule has 1 atom stereocenters. The zero-order valence-electron chi connectivity index (χ0n) is 13.6. The van der Waals surface area contributed by atoms with E-state index < -0.39 is 0 Å². The number of aryl methyl sites for hydroxylation is 1. The SMILES string of the molecule is CCc1ncc(C(=O)N2CCN(C)CC2c2ccccc2)cn1. The van der Waals surface area contributed by atoms with Gasteiger partial charge in [0.25, 0.3) is 5.91 Å². The standard InChI is InChI=1S/C18H22N4O/c1-3-17-19-11-15(12-20-17)18(23)22-10-9-21(2)13-16(22)14-7-5-4-6-8-14/h4-8,11-12,16H,3,9-10,13H2,1-2H3. The molecule has 1 aliphatic heterocycles. The van der Waals surface area contributed by atoms with Crippen molar-refractivity contribution in [1.29, 1.82) is 0 Å². The molecule has 0 spiro atoms. The molecule has 5 nitrogen and oxygen atoms in total. The van der Waals surface area contributed by atoms with Gasteiger partial charge in [-0.25, -0.2) is 9.97 Å². The first-order valence-electron chi connectivity index (χ1n) is 8.04. The van der Waals surface area contributed by atoms with E-state index in [9.17, 15) is 4.79 Å². The Bertz CT molecular complexity index is 656. The normalized spacial score (nSPS) is 18.9. The molecule has 5 heteroatoms. The maximum Gasteiger partial charge on any atom is 0.257 e. The van der Waals surface area contributed by atoms with Gasteiger partial charge in [0.2, 0.25) is 0 Å². The summed E-state index contributed by atoms with van der Waals surface area (Å²) in [5.41, 5.74) is 1.73. The number of likely N-dealkylation sites (N-methyl/N-ethyl adjacent to an activating group) is 1. The third-order valence-corrected chi connectivity index (χ3v) is 4.30. The third-order valence-electron chi connectivity index (χ3n) is 4.30. The van der Waals surface area contributed by atoms with Gasteiger partial charge in [0.15, 0.2) is 0 Å². The predicted octanol–water partition coefficient (Wildman–Crippen LogP) is 2.17. The number of carbonyl (C=O) groups excluding carboxylic acids is 1. The van der Waals surface area contributed by atoms with Gasteiger partial charge in [-0.2, -0.15) is 0 Å². The lowest BCUT2D eigenvalue weighted by Gasteiger charge is -2.40. The van der Waals surface area contributed by atoms with Gasteiger partial charge < -0.3 is 9.80 Å². The molecule has 120 valence electrons. The van der Waals surface area contributed by atoms with Crippen molar-refractivity contribution in [2.24, 2.45) is 0 Å². The van der Waals surface area contributed by atoms with Crippen LogP contribution in [0.4, 0.5) is 0 Å². The van der Waals surface area contributed by atoms with Crippen LogP contribution < -0.4 is 0 Å². The summed E-state index contributed by atoms with van der Waals surface area (Å²) in [6.45, 7) is 4.43. The minimum atomic E-state index is 0.00889. The first-order chi connectivity index (χ1) is 11.2. The molecule has 0 bridgehead atoms. The highest BCUT2D eigenvalue weighted by Crippen LogP contribution is 2.26. The van der Waals surface area contributed by atoms with Crippen LogP contribution in [-0.4, -0.2) is 52.4 Å². The number of carbonyl (C=O) groups is 1. The second kappa shape index (κ2) is 6.87. The van der Waals surface area contributed by atoms with E-state index in [1.807, 2.05) is 30.0 Å². The summed E-state index contributed by atoms with van der Waals surface area (Å²) in [5, 5.41) is 0. The Morgan fingerprint density at radius 3 is 2.52 bits per heavy atom. The zero-order valence-corrected chi connectivity index (χ0v) is 13.6. The van der Waals surface area contributed by atoms with Crippen molar-refractivity contribution < 1.29 is 4.79 Å². The van der Waals surface area contributed by atoms with E-state index in [0.29, 0.717) is 12.1 Å². The van der Waals surface area contributed by atoms with E-state index in [-0.39, 0.29) is 11.9 Å². The summed E-state index contributed by atoms with van der Waals surface area (Å²) in [4.78, 5) is 25.6. The quantitative estimate of drug-likeness (QED) is 0.872. The Morgan fingerprint density at radius 1 is 1.17 bits per heavy atom. The summed E-state index contributed by atoms with van der Waals surface area (Å²) in [6.07, 6.45) is 4.07. The molecule has 1 amide bonds. The highest BCUT2D eigenvalue weighted by Gasteiger charge is 2.31. The largest absolute Gasteiger partial charge is 0.329 e. The van der Waals surface area contributed by atoms with Crippen LogP contribution in [-0.2, 0) is 6.42 Å². The van der Waals surface area contributed by atoms with Crippen molar-refractivity contribution in [3.63, 3.8) is 0 Å². The lowest BCUT2D eigenvalue weighted by atomic mass is 10.0. The van der Waals surface area contributed by atoms with E-state index in [4.69, 9.17) is 0 Å². The first-order valence-corrected chi connectivity index (χ1v) is 8.04. The van der Waals surface area contributed by atoms with Gasteiger partial charge in [-0.1, -0.05) is 37.3 Å². The monoisotopic (exact) mass is 310 g/mol. The maximum atomic E-state index is 12.9. The van der Waals surface area contributed by atoms with Gasteiger partial charge >= 0.3 is 0 Å². The summed E-state index contributed by atoms with van der Waals surface area (Å²) in [6, 6.07) is 10.3. The van der Waals surface area contributed by atoms with Crippen molar-refractivity contribution in [2.75, 3.05) is 26.7 Å². The second-order valence-electron chi connectivity index (χ2n) is 5.93. The molecule has 1 aromatic carbocycles. The fourth-order valence-corrected chi connectivity index (χ4v) is 2.94. The molecule has 1 saturated heterocycles. The molecule has 0 N–H and O–H groups in total. The van der Waals surface area contributed by atoms with Gasteiger partial charge in [-0.3, -0.25) is 4.79 Å². The molecule has 0 saturated carbocycles. The molecule has 1 aromatic heterocycles. The Labute approximate surface area is 137 Å². The molecule has 2 heterocycles. The van der Waals surface area contributed by atoms with Crippen LogP contribution in [0.5, 0.6) is 0 Å². The van der Waals surface area contributed by atoms with Gasteiger partial charge in [0.05, 0.1) is 11.6 Å². The van der Waals surface area contributed by atoms with Crippen molar-refractivity contribution in [3.05, 3.63) is 59.7 Å². The predicted molar refractivity (Wildman–Crippen MR) is 89.1 cm³/mol. The van der Waals surface area contributed by atoms with Crippen LogP contribution in [0.2, 0.25) is 0 Å². The number of aromatic nitrogens is 2. The fourth-order valence-electron chi connectivity index (χ4n) is 2.94. The Morgan fingerprint density at radius 2 is 1.87 bits per heavy atom. The highest BCUT2D eigenvalue weighted by atomic mass is 16.2. The third kappa shape index (κ3) is 3.40. The van der Waals surface area contributed by atoms with E-state index in [2.05, 4.69) is 34.0 Å². The Kier molecular flexibility index (Phi) is 4.67. The van der Waals surface area contributed by atoms with Crippen LogP contribution in [0.1, 0.15) is 34.7 Å². The number of piperazine rings is 1. The van der Waals surface area contributed by atoms with E-state index in [1.54, 1.807) is 12.4 Å². The summed E-state index contributed by atoms with van der Waals surface area (Å²) < 4.78 is 0. The summed E-state index contributed by atoms with van der Waals surface area (Å²) >= 11 is 0. The number of hydrogen-bond donors (Lipinski definition) is 0. The van der Waals surface area contributed by atoms with Crippen molar-refractivity contribution in [2.45, 2.75) is 19.4 Å². The molecule has 2 aromatic rings.